The summed E-state index contributed by atoms with van der Waals surface area (Å²) in [5.41, 5.74) is 0.169. The summed E-state index contributed by atoms with van der Waals surface area (Å²) in [5, 5.41) is 2.72. The van der Waals surface area contributed by atoms with Gasteiger partial charge in [0, 0.05) is 22.8 Å². The minimum Gasteiger partial charge on any atom is -0.352 e. The first-order valence-corrected chi connectivity index (χ1v) is 9.13. The number of halogens is 2. The summed E-state index contributed by atoms with van der Waals surface area (Å²) in [6, 6.07) is 2.29. The molecule has 0 radical (unpaired) electrons. The average molecular weight is 334 g/mol. The van der Waals surface area contributed by atoms with E-state index < -0.39 is 25.7 Å². The molecule has 0 atom stereocenters. The van der Waals surface area contributed by atoms with Crippen molar-refractivity contribution in [3.63, 3.8) is 0 Å². The van der Waals surface area contributed by atoms with Crippen LogP contribution in [-0.4, -0.2) is 20.9 Å². The molecule has 0 aliphatic heterocycles. The molecule has 0 aromatic heterocycles. The summed E-state index contributed by atoms with van der Waals surface area (Å²) < 4.78 is 36.4. The minimum atomic E-state index is -4.22. The van der Waals surface area contributed by atoms with Gasteiger partial charge in [-0.2, -0.15) is 0 Å². The number of hydrogen-bond acceptors (Lipinski definition) is 3. The second kappa shape index (κ2) is 6.32. The molecule has 0 bridgehead atoms. The predicted molar refractivity (Wildman–Crippen MR) is 78.5 cm³/mol. The third-order valence-electron chi connectivity index (χ3n) is 3.81. The van der Waals surface area contributed by atoms with Gasteiger partial charge in [-0.25, -0.2) is 12.8 Å². The van der Waals surface area contributed by atoms with Crippen molar-refractivity contribution in [2.45, 2.75) is 37.5 Å². The highest BCUT2D eigenvalue weighted by atomic mass is 35.7. The Morgan fingerprint density at radius 1 is 1.43 bits per heavy atom. The summed E-state index contributed by atoms with van der Waals surface area (Å²) in [6.45, 7) is 1.93. The molecular weight excluding hydrogens is 317 g/mol. The molecule has 0 unspecified atom stereocenters. The zero-order valence-electron chi connectivity index (χ0n) is 11.7. The third-order valence-corrected chi connectivity index (χ3v) is 5.13. The van der Waals surface area contributed by atoms with Crippen LogP contribution in [0.15, 0.2) is 17.0 Å². The second-order valence-corrected chi connectivity index (χ2v) is 7.92. The zero-order chi connectivity index (χ0) is 15.6. The Morgan fingerprint density at radius 3 is 2.62 bits per heavy atom. The molecule has 1 aromatic carbocycles. The van der Waals surface area contributed by atoms with Crippen molar-refractivity contribution in [2.75, 3.05) is 6.54 Å². The van der Waals surface area contributed by atoms with Crippen molar-refractivity contribution in [2.24, 2.45) is 5.92 Å². The second-order valence-electron chi connectivity index (χ2n) is 5.38. The van der Waals surface area contributed by atoms with E-state index in [1.54, 1.807) is 0 Å². The van der Waals surface area contributed by atoms with E-state index >= 15 is 0 Å². The first kappa shape index (κ1) is 16.2. The van der Waals surface area contributed by atoms with Crippen LogP contribution < -0.4 is 5.32 Å². The van der Waals surface area contributed by atoms with Gasteiger partial charge >= 0.3 is 0 Å². The highest BCUT2D eigenvalue weighted by Crippen LogP contribution is 2.28. The van der Waals surface area contributed by atoms with Crippen LogP contribution in [0.25, 0.3) is 0 Å². The minimum absolute atomic E-state index is 0.0702. The summed E-state index contributed by atoms with van der Waals surface area (Å²) in [7, 11) is 0.962. The SMILES string of the molecule is Cc1cc(C(=O)NCCC2CCC2)cc(S(=O)(=O)Cl)c1F. The first-order chi connectivity index (χ1) is 9.79. The highest BCUT2D eigenvalue weighted by molar-refractivity contribution is 8.13. The molecule has 0 heterocycles. The lowest BCUT2D eigenvalue weighted by atomic mass is 9.83. The first-order valence-electron chi connectivity index (χ1n) is 6.82. The summed E-state index contributed by atoms with van der Waals surface area (Å²) in [5.74, 6) is -0.672. The number of rotatable bonds is 5. The molecule has 2 rings (SSSR count). The van der Waals surface area contributed by atoms with Crippen LogP contribution in [0.1, 0.15) is 41.6 Å². The van der Waals surface area contributed by atoms with Crippen molar-refractivity contribution in [3.05, 3.63) is 29.1 Å². The highest BCUT2D eigenvalue weighted by Gasteiger charge is 2.22. The molecule has 1 N–H and O–H groups in total. The van der Waals surface area contributed by atoms with Gasteiger partial charge in [0.25, 0.3) is 15.0 Å². The number of benzene rings is 1. The molecule has 116 valence electrons. The lowest BCUT2D eigenvalue weighted by Crippen LogP contribution is -2.27. The van der Waals surface area contributed by atoms with Crippen molar-refractivity contribution in [3.8, 4) is 0 Å². The van der Waals surface area contributed by atoms with E-state index in [0.29, 0.717) is 12.5 Å². The quantitative estimate of drug-likeness (QED) is 0.842. The van der Waals surface area contributed by atoms with E-state index in [4.69, 9.17) is 10.7 Å². The Kier molecular flexibility index (Phi) is 4.88. The van der Waals surface area contributed by atoms with Crippen LogP contribution in [0, 0.1) is 18.7 Å². The fourth-order valence-corrected chi connectivity index (χ4v) is 3.30. The molecule has 1 saturated carbocycles. The van der Waals surface area contributed by atoms with Gasteiger partial charge in [0.1, 0.15) is 10.7 Å². The Bertz CT molecular complexity index is 656. The smallest absolute Gasteiger partial charge is 0.264 e. The lowest BCUT2D eigenvalue weighted by molar-refractivity contribution is 0.0948. The van der Waals surface area contributed by atoms with E-state index in [2.05, 4.69) is 5.32 Å². The molecule has 1 aromatic rings. The Hall–Kier alpha value is -1.14. The molecule has 7 heteroatoms. The lowest BCUT2D eigenvalue weighted by Gasteiger charge is -2.25. The Morgan fingerprint density at radius 2 is 2.10 bits per heavy atom. The maximum atomic E-state index is 13.8. The number of hydrogen-bond donors (Lipinski definition) is 1. The van der Waals surface area contributed by atoms with Crippen molar-refractivity contribution in [1.82, 2.24) is 5.32 Å². The molecule has 0 spiro atoms. The predicted octanol–water partition coefficient (Wildman–Crippen LogP) is 2.98. The van der Waals surface area contributed by atoms with Crippen LogP contribution in [0.4, 0.5) is 4.39 Å². The van der Waals surface area contributed by atoms with Gasteiger partial charge in [-0.15, -0.1) is 0 Å². The van der Waals surface area contributed by atoms with E-state index in [-0.39, 0.29) is 11.1 Å². The standard InChI is InChI=1S/C14H17ClFNO3S/c1-9-7-11(8-12(13(9)16)21(15,19)20)14(18)17-6-5-10-3-2-4-10/h7-8,10H,2-6H2,1H3,(H,17,18). The van der Waals surface area contributed by atoms with Crippen LogP contribution in [0.5, 0.6) is 0 Å². The van der Waals surface area contributed by atoms with E-state index in [9.17, 15) is 17.6 Å². The molecule has 1 aliphatic carbocycles. The molecule has 4 nitrogen and oxygen atoms in total. The Labute approximate surface area is 128 Å². The van der Waals surface area contributed by atoms with Gasteiger partial charge in [-0.05, 0) is 37.0 Å². The van der Waals surface area contributed by atoms with Crippen molar-refractivity contribution < 1.29 is 17.6 Å². The molecule has 1 amide bonds. The zero-order valence-corrected chi connectivity index (χ0v) is 13.2. The van der Waals surface area contributed by atoms with Crippen LogP contribution in [0.3, 0.4) is 0 Å². The number of amides is 1. The normalized spacial score (nSPS) is 15.6. The third kappa shape index (κ3) is 3.95. The van der Waals surface area contributed by atoms with Crippen LogP contribution in [0.2, 0.25) is 0 Å². The topological polar surface area (TPSA) is 63.2 Å². The van der Waals surface area contributed by atoms with E-state index in [1.165, 1.54) is 32.3 Å². The van der Waals surface area contributed by atoms with Gasteiger partial charge in [-0.3, -0.25) is 4.79 Å². The van der Waals surface area contributed by atoms with Gasteiger partial charge in [-0.1, -0.05) is 19.3 Å². The average Bonchev–Trinajstić information content (AvgIpc) is 2.33. The molecule has 1 aliphatic rings. The molecule has 1 fully saturated rings. The van der Waals surface area contributed by atoms with E-state index in [0.717, 1.165) is 12.5 Å². The van der Waals surface area contributed by atoms with Crippen LogP contribution >= 0.6 is 10.7 Å². The van der Waals surface area contributed by atoms with Gasteiger partial charge in [0.15, 0.2) is 0 Å². The summed E-state index contributed by atoms with van der Waals surface area (Å²) >= 11 is 0. The van der Waals surface area contributed by atoms with Gasteiger partial charge in [0.2, 0.25) is 0 Å². The van der Waals surface area contributed by atoms with Crippen molar-refractivity contribution in [1.29, 1.82) is 0 Å². The number of aryl methyl sites for hydroxylation is 1. The molecular formula is C14H17ClFNO3S. The van der Waals surface area contributed by atoms with Crippen LogP contribution in [-0.2, 0) is 9.05 Å². The molecule has 0 saturated heterocycles. The van der Waals surface area contributed by atoms with Crippen molar-refractivity contribution >= 4 is 25.6 Å². The monoisotopic (exact) mass is 333 g/mol. The summed E-state index contributed by atoms with van der Waals surface area (Å²) in [6.07, 6.45) is 4.54. The van der Waals surface area contributed by atoms with Gasteiger partial charge < -0.3 is 5.32 Å². The maximum Gasteiger partial charge on any atom is 0.264 e. The maximum absolute atomic E-state index is 13.8. The largest absolute Gasteiger partial charge is 0.352 e. The summed E-state index contributed by atoms with van der Waals surface area (Å²) in [4.78, 5) is 11.3. The van der Waals surface area contributed by atoms with E-state index in [1.807, 2.05) is 0 Å². The fraction of sp³-hybridized carbons (Fsp3) is 0.500. The number of carbonyl (C=O) groups excluding carboxylic acids is 1. The Balaban J connectivity index is 2.11. The molecule has 21 heavy (non-hydrogen) atoms. The van der Waals surface area contributed by atoms with Gasteiger partial charge in [0.05, 0.1) is 0 Å². The number of nitrogens with one attached hydrogen (secondary N) is 1. The fourth-order valence-electron chi connectivity index (χ4n) is 2.32. The number of carbonyl (C=O) groups is 1.